The average Bonchev–Trinajstić information content (AvgIpc) is 2.44. The monoisotopic (exact) mass is 191 g/mol. The van der Waals surface area contributed by atoms with Crippen LogP contribution in [0.2, 0.25) is 0 Å². The molecule has 0 saturated heterocycles. The molecule has 0 aliphatic carbocycles. The van der Waals surface area contributed by atoms with Crippen LogP contribution in [0, 0.1) is 24.2 Å². The third-order valence-electron chi connectivity index (χ3n) is 2.25. The van der Waals surface area contributed by atoms with Crippen molar-refractivity contribution in [3.63, 3.8) is 0 Å². The first kappa shape index (κ1) is 10.8. The topological polar surface area (TPSA) is 52.5 Å². The second-order valence-electron chi connectivity index (χ2n) is 4.03. The molecule has 1 aromatic rings. The number of aromatic nitrogens is 2. The van der Waals surface area contributed by atoms with E-state index in [4.69, 9.17) is 5.26 Å². The van der Waals surface area contributed by atoms with Gasteiger partial charge in [-0.1, -0.05) is 13.8 Å². The fourth-order valence-electron chi connectivity index (χ4n) is 1.57. The van der Waals surface area contributed by atoms with Crippen molar-refractivity contribution in [3.05, 3.63) is 17.0 Å². The number of nitrogens with one attached hydrogen (secondary N) is 1. The molecule has 0 unspecified atom stereocenters. The highest BCUT2D eigenvalue weighted by Gasteiger charge is 2.10. The Balaban J connectivity index is 2.78. The lowest BCUT2D eigenvalue weighted by molar-refractivity contribution is 0.629. The van der Waals surface area contributed by atoms with E-state index in [0.29, 0.717) is 12.3 Å². The lowest BCUT2D eigenvalue weighted by atomic mass is 10.0. The summed E-state index contributed by atoms with van der Waals surface area (Å²) in [7, 11) is 0. The van der Waals surface area contributed by atoms with Crippen LogP contribution >= 0.6 is 0 Å². The number of rotatable bonds is 4. The Morgan fingerprint density at radius 3 is 2.79 bits per heavy atom. The van der Waals surface area contributed by atoms with Gasteiger partial charge in [-0.05, 0) is 31.2 Å². The number of hydrogen-bond acceptors (Lipinski definition) is 2. The minimum Gasteiger partial charge on any atom is -0.282 e. The Morgan fingerprint density at radius 1 is 1.50 bits per heavy atom. The molecule has 76 valence electrons. The van der Waals surface area contributed by atoms with Gasteiger partial charge in [0.15, 0.2) is 0 Å². The molecule has 0 saturated carbocycles. The maximum Gasteiger partial charge on any atom is 0.0659 e. The molecular formula is C11H17N3. The molecule has 3 heteroatoms. The third kappa shape index (κ3) is 2.59. The van der Waals surface area contributed by atoms with Crippen molar-refractivity contribution in [2.45, 2.75) is 40.0 Å². The van der Waals surface area contributed by atoms with E-state index in [9.17, 15) is 0 Å². The van der Waals surface area contributed by atoms with Gasteiger partial charge in [0.1, 0.15) is 0 Å². The zero-order chi connectivity index (χ0) is 10.6. The highest BCUT2D eigenvalue weighted by atomic mass is 15.1. The molecule has 3 nitrogen and oxygen atoms in total. The molecule has 0 bridgehead atoms. The lowest BCUT2D eigenvalue weighted by Crippen LogP contribution is -1.99. The van der Waals surface area contributed by atoms with Crippen LogP contribution in [-0.4, -0.2) is 10.2 Å². The molecule has 0 atom stereocenters. The predicted molar refractivity (Wildman–Crippen MR) is 55.8 cm³/mol. The van der Waals surface area contributed by atoms with E-state index in [1.807, 2.05) is 6.92 Å². The first-order chi connectivity index (χ1) is 6.65. The summed E-state index contributed by atoms with van der Waals surface area (Å²) in [6, 6.07) is 2.17. The smallest absolute Gasteiger partial charge is 0.0659 e. The molecule has 14 heavy (non-hydrogen) atoms. The van der Waals surface area contributed by atoms with E-state index < -0.39 is 0 Å². The van der Waals surface area contributed by atoms with E-state index in [1.54, 1.807) is 0 Å². The van der Waals surface area contributed by atoms with Crippen LogP contribution in [0.4, 0.5) is 0 Å². The van der Waals surface area contributed by atoms with E-state index in [0.717, 1.165) is 24.2 Å². The lowest BCUT2D eigenvalue weighted by Gasteiger charge is -2.03. The van der Waals surface area contributed by atoms with Crippen molar-refractivity contribution in [1.29, 1.82) is 5.26 Å². The summed E-state index contributed by atoms with van der Waals surface area (Å²) in [4.78, 5) is 0. The zero-order valence-electron chi connectivity index (χ0n) is 9.09. The van der Waals surface area contributed by atoms with Crippen molar-refractivity contribution >= 4 is 0 Å². The molecule has 0 aromatic carbocycles. The summed E-state index contributed by atoms with van der Waals surface area (Å²) in [6.07, 6.45) is 2.39. The maximum atomic E-state index is 8.55. The first-order valence-corrected chi connectivity index (χ1v) is 5.04. The minimum atomic E-state index is 0.575. The molecule has 1 heterocycles. The Kier molecular flexibility index (Phi) is 3.70. The zero-order valence-corrected chi connectivity index (χ0v) is 9.09. The molecule has 0 aliphatic heterocycles. The van der Waals surface area contributed by atoms with E-state index in [-0.39, 0.29) is 0 Å². The molecule has 0 spiro atoms. The summed E-state index contributed by atoms with van der Waals surface area (Å²) < 4.78 is 0. The molecule has 0 aliphatic rings. The van der Waals surface area contributed by atoms with Gasteiger partial charge in [0.2, 0.25) is 0 Å². The normalized spacial score (nSPS) is 10.5. The van der Waals surface area contributed by atoms with Gasteiger partial charge in [-0.15, -0.1) is 0 Å². The molecule has 0 amide bonds. The van der Waals surface area contributed by atoms with Crippen LogP contribution in [0.15, 0.2) is 0 Å². The van der Waals surface area contributed by atoms with Gasteiger partial charge >= 0.3 is 0 Å². The number of nitrogens with zero attached hydrogens (tertiary/aromatic N) is 2. The highest BCUT2D eigenvalue weighted by Crippen LogP contribution is 2.16. The minimum absolute atomic E-state index is 0.575. The van der Waals surface area contributed by atoms with Gasteiger partial charge in [-0.3, -0.25) is 5.10 Å². The van der Waals surface area contributed by atoms with Crippen molar-refractivity contribution in [2.24, 2.45) is 5.92 Å². The summed E-state index contributed by atoms with van der Waals surface area (Å²) in [5.41, 5.74) is 3.48. The molecule has 0 fully saturated rings. The van der Waals surface area contributed by atoms with Crippen molar-refractivity contribution < 1.29 is 0 Å². The maximum absolute atomic E-state index is 8.55. The Bertz CT molecular complexity index is 331. The second-order valence-corrected chi connectivity index (χ2v) is 4.03. The second kappa shape index (κ2) is 4.80. The van der Waals surface area contributed by atoms with Crippen LogP contribution in [0.25, 0.3) is 0 Å². The van der Waals surface area contributed by atoms with Crippen molar-refractivity contribution in [3.8, 4) is 6.07 Å². The van der Waals surface area contributed by atoms with Gasteiger partial charge < -0.3 is 0 Å². The van der Waals surface area contributed by atoms with E-state index in [1.165, 1.54) is 5.56 Å². The first-order valence-electron chi connectivity index (χ1n) is 5.04. The summed E-state index contributed by atoms with van der Waals surface area (Å²) in [5, 5.41) is 15.8. The van der Waals surface area contributed by atoms with Crippen LogP contribution in [0.1, 0.15) is 37.2 Å². The van der Waals surface area contributed by atoms with Gasteiger partial charge in [0.05, 0.1) is 11.8 Å². The van der Waals surface area contributed by atoms with Crippen molar-refractivity contribution in [2.75, 3.05) is 0 Å². The number of nitriles is 1. The van der Waals surface area contributed by atoms with Crippen LogP contribution in [0.5, 0.6) is 0 Å². The highest BCUT2D eigenvalue weighted by molar-refractivity contribution is 5.25. The SMILES string of the molecule is Cc1[nH]nc(CC(C)C)c1CCC#N. The van der Waals surface area contributed by atoms with Crippen LogP contribution < -0.4 is 0 Å². The van der Waals surface area contributed by atoms with E-state index in [2.05, 4.69) is 30.1 Å². The van der Waals surface area contributed by atoms with Gasteiger partial charge in [-0.2, -0.15) is 10.4 Å². The summed E-state index contributed by atoms with van der Waals surface area (Å²) >= 11 is 0. The van der Waals surface area contributed by atoms with Crippen LogP contribution in [0.3, 0.4) is 0 Å². The van der Waals surface area contributed by atoms with Gasteiger partial charge in [-0.25, -0.2) is 0 Å². The van der Waals surface area contributed by atoms with Crippen molar-refractivity contribution in [1.82, 2.24) is 10.2 Å². The predicted octanol–water partition coefficient (Wildman–Crippen LogP) is 2.37. The average molecular weight is 191 g/mol. The number of H-pyrrole nitrogens is 1. The Hall–Kier alpha value is -1.30. The fourth-order valence-corrected chi connectivity index (χ4v) is 1.57. The number of hydrogen-bond donors (Lipinski definition) is 1. The summed E-state index contributed by atoms with van der Waals surface area (Å²) in [5.74, 6) is 0.610. The molecule has 1 aromatic heterocycles. The van der Waals surface area contributed by atoms with Crippen LogP contribution in [-0.2, 0) is 12.8 Å². The summed E-state index contributed by atoms with van der Waals surface area (Å²) in [6.45, 7) is 6.37. The molecule has 1 N–H and O–H groups in total. The standard InChI is InChI=1S/C11H17N3/c1-8(2)7-11-10(5-4-6-12)9(3)13-14-11/h8H,4-5,7H2,1-3H3,(H,13,14). The van der Waals surface area contributed by atoms with Gasteiger partial charge in [0, 0.05) is 12.1 Å². The molecule has 1 rings (SSSR count). The van der Waals surface area contributed by atoms with E-state index >= 15 is 0 Å². The Morgan fingerprint density at radius 2 is 2.21 bits per heavy atom. The number of aromatic amines is 1. The quantitative estimate of drug-likeness (QED) is 0.794. The molecule has 0 radical (unpaired) electrons. The number of aryl methyl sites for hydroxylation is 1. The Labute approximate surface area is 85.1 Å². The third-order valence-corrected chi connectivity index (χ3v) is 2.25. The fraction of sp³-hybridized carbons (Fsp3) is 0.636. The molecular weight excluding hydrogens is 174 g/mol. The van der Waals surface area contributed by atoms with Gasteiger partial charge in [0.25, 0.3) is 0 Å². The largest absolute Gasteiger partial charge is 0.282 e.